The standard InChI is InChI=1S/C31H28BrN3O3/c1-3-38-29(36)20-35(19-25-15-13-21-9-7-8-12-27(21)33-25)30(22-10-5-4-6-11-22)26-18-23-17-24(32)14-16-28(23)34-31(26)37-2/h4-18,30H,3,19-20H2,1-2H3. The average molecular weight is 570 g/mol. The van der Waals surface area contributed by atoms with Crippen molar-refractivity contribution in [3.05, 3.63) is 112 Å². The second-order valence-corrected chi connectivity index (χ2v) is 9.86. The molecular formula is C31H28BrN3O3. The molecule has 5 aromatic rings. The van der Waals surface area contributed by atoms with Gasteiger partial charge in [-0.1, -0.05) is 70.5 Å². The maximum atomic E-state index is 12.9. The van der Waals surface area contributed by atoms with E-state index < -0.39 is 0 Å². The highest BCUT2D eigenvalue weighted by Gasteiger charge is 2.29. The number of para-hydroxylation sites is 1. The van der Waals surface area contributed by atoms with Gasteiger partial charge in [-0.05, 0) is 48.9 Å². The van der Waals surface area contributed by atoms with Crippen LogP contribution in [0.3, 0.4) is 0 Å². The van der Waals surface area contributed by atoms with E-state index in [9.17, 15) is 4.79 Å². The van der Waals surface area contributed by atoms with Crippen molar-refractivity contribution in [1.82, 2.24) is 14.9 Å². The van der Waals surface area contributed by atoms with Crippen molar-refractivity contribution in [2.75, 3.05) is 20.3 Å². The van der Waals surface area contributed by atoms with E-state index >= 15 is 0 Å². The molecule has 192 valence electrons. The average Bonchev–Trinajstić information content (AvgIpc) is 2.93. The first-order chi connectivity index (χ1) is 18.6. The van der Waals surface area contributed by atoms with E-state index in [1.807, 2.05) is 73.7 Å². The molecule has 0 bridgehead atoms. The molecule has 1 atom stereocenters. The molecule has 2 aromatic heterocycles. The zero-order valence-corrected chi connectivity index (χ0v) is 22.9. The van der Waals surface area contributed by atoms with Crippen molar-refractivity contribution >= 4 is 43.7 Å². The second kappa shape index (κ2) is 11.7. The van der Waals surface area contributed by atoms with Gasteiger partial charge in [0.1, 0.15) is 0 Å². The highest BCUT2D eigenvalue weighted by atomic mass is 79.9. The number of hydrogen-bond acceptors (Lipinski definition) is 6. The van der Waals surface area contributed by atoms with Gasteiger partial charge in [0.05, 0.1) is 43.0 Å². The molecule has 0 N–H and O–H groups in total. The maximum Gasteiger partial charge on any atom is 0.320 e. The Morgan fingerprint density at radius 2 is 1.66 bits per heavy atom. The molecule has 38 heavy (non-hydrogen) atoms. The van der Waals surface area contributed by atoms with Crippen LogP contribution in [0.4, 0.5) is 0 Å². The minimum absolute atomic E-state index is 0.0710. The lowest BCUT2D eigenvalue weighted by Crippen LogP contribution is -2.35. The van der Waals surface area contributed by atoms with Gasteiger partial charge in [0.25, 0.3) is 0 Å². The number of esters is 1. The van der Waals surface area contributed by atoms with Crippen LogP contribution < -0.4 is 4.74 Å². The van der Waals surface area contributed by atoms with E-state index in [4.69, 9.17) is 19.4 Å². The Balaban J connectivity index is 1.66. The van der Waals surface area contributed by atoms with Crippen molar-refractivity contribution in [3.63, 3.8) is 0 Å². The zero-order chi connectivity index (χ0) is 26.5. The minimum atomic E-state index is -0.347. The molecule has 0 spiro atoms. The van der Waals surface area contributed by atoms with Gasteiger partial charge in [0, 0.05) is 27.4 Å². The number of pyridine rings is 2. The summed E-state index contributed by atoms with van der Waals surface area (Å²) in [5.74, 6) is 0.207. The number of aromatic nitrogens is 2. The van der Waals surface area contributed by atoms with Crippen LogP contribution in [0.5, 0.6) is 5.88 Å². The summed E-state index contributed by atoms with van der Waals surface area (Å²) in [4.78, 5) is 24.7. The molecule has 3 aromatic carbocycles. The highest BCUT2D eigenvalue weighted by molar-refractivity contribution is 9.10. The number of rotatable bonds is 9. The van der Waals surface area contributed by atoms with E-state index in [1.165, 1.54) is 0 Å². The third-order valence-corrected chi connectivity index (χ3v) is 6.89. The SMILES string of the molecule is CCOC(=O)CN(Cc1ccc2ccccc2n1)C(c1ccccc1)c1cc2cc(Br)ccc2nc1OC. The Hall–Kier alpha value is -3.81. The van der Waals surface area contributed by atoms with Crippen molar-refractivity contribution in [2.45, 2.75) is 19.5 Å². The summed E-state index contributed by atoms with van der Waals surface area (Å²) in [5, 5.41) is 2.04. The smallest absolute Gasteiger partial charge is 0.320 e. The van der Waals surface area contributed by atoms with Crippen LogP contribution in [-0.2, 0) is 16.1 Å². The molecule has 0 aliphatic rings. The number of ether oxygens (including phenoxy) is 2. The van der Waals surface area contributed by atoms with Crippen molar-refractivity contribution < 1.29 is 14.3 Å². The maximum absolute atomic E-state index is 12.9. The van der Waals surface area contributed by atoms with E-state index in [1.54, 1.807) is 7.11 Å². The van der Waals surface area contributed by atoms with E-state index in [2.05, 4.69) is 45.1 Å². The predicted molar refractivity (Wildman–Crippen MR) is 153 cm³/mol. The molecular weight excluding hydrogens is 542 g/mol. The van der Waals surface area contributed by atoms with Gasteiger partial charge >= 0.3 is 5.97 Å². The number of benzene rings is 3. The number of carbonyl (C=O) groups is 1. The Morgan fingerprint density at radius 3 is 2.45 bits per heavy atom. The van der Waals surface area contributed by atoms with Gasteiger partial charge < -0.3 is 9.47 Å². The van der Waals surface area contributed by atoms with Crippen molar-refractivity contribution in [3.8, 4) is 5.88 Å². The monoisotopic (exact) mass is 569 g/mol. The highest BCUT2D eigenvalue weighted by Crippen LogP contribution is 2.37. The molecule has 6 nitrogen and oxygen atoms in total. The molecule has 0 saturated heterocycles. The lowest BCUT2D eigenvalue weighted by Gasteiger charge is -2.32. The molecule has 0 amide bonds. The summed E-state index contributed by atoms with van der Waals surface area (Å²) in [5.41, 5.74) is 4.45. The Kier molecular flexibility index (Phi) is 7.96. The number of halogens is 1. The Morgan fingerprint density at radius 1 is 0.895 bits per heavy atom. The van der Waals surface area contributed by atoms with Crippen LogP contribution in [0, 0.1) is 0 Å². The third kappa shape index (κ3) is 5.69. The van der Waals surface area contributed by atoms with Gasteiger partial charge in [-0.25, -0.2) is 4.98 Å². The molecule has 0 aliphatic heterocycles. The topological polar surface area (TPSA) is 64.5 Å². The third-order valence-electron chi connectivity index (χ3n) is 6.40. The summed E-state index contributed by atoms with van der Waals surface area (Å²) < 4.78 is 12.2. The van der Waals surface area contributed by atoms with Gasteiger partial charge in [0.2, 0.25) is 5.88 Å². The van der Waals surface area contributed by atoms with E-state index in [-0.39, 0.29) is 18.6 Å². The normalized spacial score (nSPS) is 12.1. The molecule has 0 aliphatic carbocycles. The largest absolute Gasteiger partial charge is 0.481 e. The first kappa shape index (κ1) is 25.8. The summed E-state index contributed by atoms with van der Waals surface area (Å²) in [6, 6.07) is 29.9. The Bertz CT molecular complexity index is 1580. The van der Waals surface area contributed by atoms with E-state index in [0.29, 0.717) is 19.0 Å². The zero-order valence-electron chi connectivity index (χ0n) is 21.3. The second-order valence-electron chi connectivity index (χ2n) is 8.94. The van der Waals surface area contributed by atoms with Gasteiger partial charge in [-0.15, -0.1) is 0 Å². The fourth-order valence-electron chi connectivity index (χ4n) is 4.74. The van der Waals surface area contributed by atoms with Gasteiger partial charge in [-0.3, -0.25) is 14.7 Å². The Labute approximate surface area is 230 Å². The molecule has 0 radical (unpaired) electrons. The molecule has 0 fully saturated rings. The van der Waals surface area contributed by atoms with Crippen molar-refractivity contribution in [2.24, 2.45) is 0 Å². The molecule has 5 rings (SSSR count). The fraction of sp³-hybridized carbons (Fsp3) is 0.194. The van der Waals surface area contributed by atoms with Crippen molar-refractivity contribution in [1.29, 1.82) is 0 Å². The van der Waals surface area contributed by atoms with Crippen LogP contribution in [0.2, 0.25) is 0 Å². The number of methoxy groups -OCH3 is 1. The number of nitrogens with zero attached hydrogens (tertiary/aromatic N) is 3. The molecule has 0 saturated carbocycles. The molecule has 7 heteroatoms. The van der Waals surface area contributed by atoms with Gasteiger partial charge in [0.15, 0.2) is 0 Å². The fourth-order valence-corrected chi connectivity index (χ4v) is 5.12. The predicted octanol–water partition coefficient (Wildman–Crippen LogP) is 6.71. The first-order valence-electron chi connectivity index (χ1n) is 12.5. The lowest BCUT2D eigenvalue weighted by molar-refractivity contribution is -0.145. The number of fused-ring (bicyclic) bond motifs is 2. The van der Waals surface area contributed by atoms with E-state index in [0.717, 1.165) is 43.1 Å². The number of hydrogen-bond donors (Lipinski definition) is 0. The molecule has 2 heterocycles. The number of carbonyl (C=O) groups excluding carboxylic acids is 1. The van der Waals surface area contributed by atoms with Crippen LogP contribution in [0.1, 0.15) is 29.8 Å². The van der Waals surface area contributed by atoms with Crippen LogP contribution in [-0.4, -0.2) is 41.1 Å². The van der Waals surface area contributed by atoms with Crippen LogP contribution in [0.15, 0.2) is 95.5 Å². The van der Waals surface area contributed by atoms with Gasteiger partial charge in [-0.2, -0.15) is 0 Å². The summed E-state index contributed by atoms with van der Waals surface area (Å²) >= 11 is 3.58. The minimum Gasteiger partial charge on any atom is -0.481 e. The first-order valence-corrected chi connectivity index (χ1v) is 13.3. The lowest BCUT2D eigenvalue weighted by atomic mass is 9.96. The van der Waals surface area contributed by atoms with Crippen LogP contribution in [0.25, 0.3) is 21.8 Å². The molecule has 1 unspecified atom stereocenters. The summed E-state index contributed by atoms with van der Waals surface area (Å²) in [6.45, 7) is 2.62. The van der Waals surface area contributed by atoms with Crippen LogP contribution >= 0.6 is 15.9 Å². The summed E-state index contributed by atoms with van der Waals surface area (Å²) in [7, 11) is 1.62. The quantitative estimate of drug-likeness (QED) is 0.184. The summed E-state index contributed by atoms with van der Waals surface area (Å²) in [6.07, 6.45) is 0.